The minimum Gasteiger partial charge on any atom is -0.497 e. The van der Waals surface area contributed by atoms with Gasteiger partial charge in [-0.25, -0.2) is 8.42 Å². The predicted octanol–water partition coefficient (Wildman–Crippen LogP) is 1.02. The van der Waals surface area contributed by atoms with Crippen LogP contribution < -0.4 is 14.8 Å². The second-order valence-corrected chi connectivity index (χ2v) is 7.58. The quantitative estimate of drug-likeness (QED) is 0.808. The molecule has 1 atom stereocenters. The van der Waals surface area contributed by atoms with Crippen molar-refractivity contribution < 1.29 is 22.7 Å². The molecular weight excluding hydrogens is 306 g/mol. The highest BCUT2D eigenvalue weighted by Gasteiger charge is 2.27. The number of hydrogen-bond acceptors (Lipinski definition) is 5. The number of ether oxygens (including phenoxy) is 2. The maximum atomic E-state index is 11.7. The Morgan fingerprint density at radius 3 is 2.55 bits per heavy atom. The van der Waals surface area contributed by atoms with E-state index in [9.17, 15) is 13.2 Å². The smallest absolute Gasteiger partial charge is 0.223 e. The van der Waals surface area contributed by atoms with Gasteiger partial charge < -0.3 is 14.8 Å². The van der Waals surface area contributed by atoms with E-state index in [1.54, 1.807) is 31.4 Å². The van der Waals surface area contributed by atoms with Gasteiger partial charge in [-0.15, -0.1) is 0 Å². The minimum atomic E-state index is -2.89. The molecule has 6 nitrogen and oxygen atoms in total. The molecule has 2 rings (SSSR count). The van der Waals surface area contributed by atoms with Crippen LogP contribution >= 0.6 is 0 Å². The zero-order valence-corrected chi connectivity index (χ0v) is 13.4. The summed E-state index contributed by atoms with van der Waals surface area (Å²) in [5.41, 5.74) is 0. The van der Waals surface area contributed by atoms with Gasteiger partial charge in [0, 0.05) is 6.54 Å². The molecular formula is C15H21NO5S. The minimum absolute atomic E-state index is 0.0384. The number of hydrogen-bond donors (Lipinski definition) is 1. The largest absolute Gasteiger partial charge is 0.497 e. The Hall–Kier alpha value is -1.76. The molecule has 1 amide bonds. The SMILES string of the molecule is COc1ccc(OCCC(=O)NCC2CCS(=O)(=O)C2)cc1. The van der Waals surface area contributed by atoms with Crippen molar-refractivity contribution in [1.29, 1.82) is 0 Å². The molecule has 1 aliphatic rings. The first-order valence-electron chi connectivity index (χ1n) is 7.22. The standard InChI is InChI=1S/C15H21NO5S/c1-20-13-2-4-14(5-3-13)21-8-6-15(17)16-10-12-7-9-22(18,19)11-12/h2-5,12H,6-11H2,1H3,(H,16,17). The lowest BCUT2D eigenvalue weighted by Gasteiger charge is -2.10. The molecule has 1 aromatic carbocycles. The molecule has 1 heterocycles. The molecule has 1 N–H and O–H groups in total. The van der Waals surface area contributed by atoms with Crippen LogP contribution in [0.15, 0.2) is 24.3 Å². The van der Waals surface area contributed by atoms with Crippen molar-refractivity contribution in [3.63, 3.8) is 0 Å². The highest BCUT2D eigenvalue weighted by Crippen LogP contribution is 2.18. The molecule has 1 fully saturated rings. The van der Waals surface area contributed by atoms with Crippen molar-refractivity contribution in [2.45, 2.75) is 12.8 Å². The molecule has 0 radical (unpaired) electrons. The normalized spacial score (nSPS) is 19.6. The van der Waals surface area contributed by atoms with E-state index in [4.69, 9.17) is 9.47 Å². The number of nitrogens with one attached hydrogen (secondary N) is 1. The number of sulfone groups is 1. The fourth-order valence-corrected chi connectivity index (χ4v) is 4.17. The van der Waals surface area contributed by atoms with Gasteiger partial charge in [0.1, 0.15) is 11.5 Å². The summed E-state index contributed by atoms with van der Waals surface area (Å²) >= 11 is 0. The van der Waals surface area contributed by atoms with Crippen molar-refractivity contribution in [2.24, 2.45) is 5.92 Å². The molecule has 1 aromatic rings. The third-order valence-electron chi connectivity index (χ3n) is 3.57. The topological polar surface area (TPSA) is 81.7 Å². The maximum Gasteiger partial charge on any atom is 0.223 e. The monoisotopic (exact) mass is 327 g/mol. The molecule has 1 saturated heterocycles. The van der Waals surface area contributed by atoms with E-state index < -0.39 is 9.84 Å². The Kier molecular flexibility index (Phi) is 5.65. The summed E-state index contributed by atoms with van der Waals surface area (Å²) in [6.07, 6.45) is 0.871. The Morgan fingerprint density at radius 1 is 1.27 bits per heavy atom. The molecule has 0 saturated carbocycles. The number of amides is 1. The molecule has 122 valence electrons. The van der Waals surface area contributed by atoms with Gasteiger partial charge in [0.05, 0.1) is 31.6 Å². The van der Waals surface area contributed by atoms with Gasteiger partial charge >= 0.3 is 0 Å². The lowest BCUT2D eigenvalue weighted by Crippen LogP contribution is -2.30. The van der Waals surface area contributed by atoms with Crippen molar-refractivity contribution in [2.75, 3.05) is 31.8 Å². The summed E-state index contributed by atoms with van der Waals surface area (Å²) in [7, 11) is -1.30. The van der Waals surface area contributed by atoms with Crippen LogP contribution in [0.4, 0.5) is 0 Å². The average molecular weight is 327 g/mol. The third kappa shape index (κ3) is 5.22. The van der Waals surface area contributed by atoms with E-state index in [0.717, 1.165) is 5.75 Å². The predicted molar refractivity (Wildman–Crippen MR) is 82.9 cm³/mol. The molecule has 0 aromatic heterocycles. The fraction of sp³-hybridized carbons (Fsp3) is 0.533. The molecule has 0 aliphatic carbocycles. The van der Waals surface area contributed by atoms with Crippen LogP contribution in [0.5, 0.6) is 11.5 Å². The molecule has 22 heavy (non-hydrogen) atoms. The summed E-state index contributed by atoms with van der Waals surface area (Å²) in [6.45, 7) is 0.696. The van der Waals surface area contributed by atoms with Gasteiger partial charge in [-0.3, -0.25) is 4.79 Å². The molecule has 1 aliphatic heterocycles. The zero-order chi connectivity index (χ0) is 16.0. The van der Waals surface area contributed by atoms with Gasteiger partial charge in [-0.1, -0.05) is 0 Å². The van der Waals surface area contributed by atoms with E-state index >= 15 is 0 Å². The van der Waals surface area contributed by atoms with Crippen LogP contribution in [0.3, 0.4) is 0 Å². The molecule has 7 heteroatoms. The lowest BCUT2D eigenvalue weighted by atomic mass is 10.1. The van der Waals surface area contributed by atoms with E-state index in [2.05, 4.69) is 5.32 Å². The first-order valence-corrected chi connectivity index (χ1v) is 9.04. The van der Waals surface area contributed by atoms with Gasteiger partial charge in [0.25, 0.3) is 0 Å². The van der Waals surface area contributed by atoms with Crippen LogP contribution in [0.2, 0.25) is 0 Å². The number of rotatable bonds is 7. The van der Waals surface area contributed by atoms with E-state index in [-0.39, 0.29) is 36.4 Å². The number of carbonyl (C=O) groups excluding carboxylic acids is 1. The maximum absolute atomic E-state index is 11.7. The first-order chi connectivity index (χ1) is 10.5. The second-order valence-electron chi connectivity index (χ2n) is 5.35. The van der Waals surface area contributed by atoms with E-state index in [0.29, 0.717) is 18.7 Å². The third-order valence-corrected chi connectivity index (χ3v) is 5.41. The van der Waals surface area contributed by atoms with Crippen LogP contribution in [0, 0.1) is 5.92 Å². The summed E-state index contributed by atoms with van der Waals surface area (Å²) in [5.74, 6) is 1.74. The van der Waals surface area contributed by atoms with Crippen LogP contribution in [0.25, 0.3) is 0 Å². The van der Waals surface area contributed by atoms with Gasteiger partial charge in [0.2, 0.25) is 5.91 Å². The first kappa shape index (κ1) is 16.6. The molecule has 0 spiro atoms. The Labute approximate surface area is 130 Å². The summed E-state index contributed by atoms with van der Waals surface area (Å²) in [5, 5.41) is 2.76. The lowest BCUT2D eigenvalue weighted by molar-refractivity contribution is -0.121. The number of methoxy groups -OCH3 is 1. The van der Waals surface area contributed by atoms with E-state index in [1.165, 1.54) is 0 Å². The van der Waals surface area contributed by atoms with Gasteiger partial charge in [-0.2, -0.15) is 0 Å². The van der Waals surface area contributed by atoms with Crippen molar-refractivity contribution >= 4 is 15.7 Å². The zero-order valence-electron chi connectivity index (χ0n) is 12.6. The highest BCUT2D eigenvalue weighted by atomic mass is 32.2. The molecule has 0 bridgehead atoms. The van der Waals surface area contributed by atoms with Crippen LogP contribution in [0.1, 0.15) is 12.8 Å². The Morgan fingerprint density at radius 2 is 1.95 bits per heavy atom. The van der Waals surface area contributed by atoms with Gasteiger partial charge in [0.15, 0.2) is 9.84 Å². The van der Waals surface area contributed by atoms with Crippen molar-refractivity contribution in [3.8, 4) is 11.5 Å². The summed E-state index contributed by atoms with van der Waals surface area (Å²) in [6, 6.07) is 7.13. The van der Waals surface area contributed by atoms with Crippen LogP contribution in [-0.4, -0.2) is 46.1 Å². The van der Waals surface area contributed by atoms with Crippen molar-refractivity contribution in [1.82, 2.24) is 5.32 Å². The molecule has 1 unspecified atom stereocenters. The highest BCUT2D eigenvalue weighted by molar-refractivity contribution is 7.91. The fourth-order valence-electron chi connectivity index (χ4n) is 2.31. The Bertz CT molecular complexity index is 597. The summed E-state index contributed by atoms with van der Waals surface area (Å²) in [4.78, 5) is 11.7. The average Bonchev–Trinajstić information content (AvgIpc) is 2.85. The Balaban J connectivity index is 1.63. The van der Waals surface area contributed by atoms with E-state index in [1.807, 2.05) is 0 Å². The van der Waals surface area contributed by atoms with Gasteiger partial charge in [-0.05, 0) is 36.6 Å². The number of carbonyl (C=O) groups is 1. The van der Waals surface area contributed by atoms with Crippen LogP contribution in [-0.2, 0) is 14.6 Å². The number of benzene rings is 1. The van der Waals surface area contributed by atoms with Crippen molar-refractivity contribution in [3.05, 3.63) is 24.3 Å². The second kappa shape index (κ2) is 7.49. The summed E-state index contributed by atoms with van der Waals surface area (Å²) < 4.78 is 33.2.